The highest BCUT2D eigenvalue weighted by Gasteiger charge is 2.35. The summed E-state index contributed by atoms with van der Waals surface area (Å²) in [6.07, 6.45) is 0.961. The molecule has 0 fully saturated rings. The van der Waals surface area contributed by atoms with Crippen LogP contribution in [0.5, 0.6) is 0 Å². The zero-order valence-corrected chi connectivity index (χ0v) is 25.8. The zero-order valence-electron chi connectivity index (χ0n) is 25.8. The second-order valence-corrected chi connectivity index (χ2v) is 11.1. The minimum absolute atomic E-state index is 0.130. The highest BCUT2D eigenvalue weighted by atomic mass is 16.4. The van der Waals surface area contributed by atoms with Crippen molar-refractivity contribution in [3.05, 3.63) is 0 Å². The number of carboxylic acids is 2. The molecule has 43 heavy (non-hydrogen) atoms. The van der Waals surface area contributed by atoms with E-state index >= 15 is 0 Å². The summed E-state index contributed by atoms with van der Waals surface area (Å²) in [6.45, 7) is 9.51. The molecule has 16 heteroatoms. The summed E-state index contributed by atoms with van der Waals surface area (Å²) in [7, 11) is 0. The largest absolute Gasteiger partial charge is 0.481 e. The number of amides is 5. The molecule has 5 amide bonds. The number of carbonyl (C=O) groups is 7. The normalized spacial score (nSPS) is 15.4. The van der Waals surface area contributed by atoms with E-state index in [-0.39, 0.29) is 18.8 Å². The van der Waals surface area contributed by atoms with Crippen molar-refractivity contribution in [1.29, 1.82) is 0 Å². The number of carbonyl (C=O) groups excluding carboxylic acids is 5. The summed E-state index contributed by atoms with van der Waals surface area (Å²) < 4.78 is 0. The lowest BCUT2D eigenvalue weighted by molar-refractivity contribution is -0.142. The van der Waals surface area contributed by atoms with E-state index in [0.717, 1.165) is 0 Å². The Morgan fingerprint density at radius 1 is 0.744 bits per heavy atom. The lowest BCUT2D eigenvalue weighted by Gasteiger charge is -2.29. The summed E-state index contributed by atoms with van der Waals surface area (Å²) in [5.74, 6) is -6.41. The van der Waals surface area contributed by atoms with E-state index in [0.29, 0.717) is 25.8 Å². The lowest BCUT2D eigenvalue weighted by Crippen LogP contribution is -2.62. The molecule has 6 unspecified atom stereocenters. The van der Waals surface area contributed by atoms with E-state index in [1.54, 1.807) is 6.92 Å². The molecule has 246 valence electrons. The summed E-state index contributed by atoms with van der Waals surface area (Å²) in [5.41, 5.74) is 9.90. The van der Waals surface area contributed by atoms with Gasteiger partial charge in [0.25, 0.3) is 0 Å². The molecule has 6 atom stereocenters. The number of carboxylic acid groups (broad SMARTS) is 2. The van der Waals surface area contributed by atoms with Crippen molar-refractivity contribution in [3.8, 4) is 0 Å². The Balaban J connectivity index is 5.39. The third-order valence-corrected chi connectivity index (χ3v) is 6.90. The predicted octanol–water partition coefficient (Wildman–Crippen LogP) is -1.69. The molecule has 0 aliphatic heterocycles. The van der Waals surface area contributed by atoms with Crippen molar-refractivity contribution in [2.75, 3.05) is 6.54 Å². The minimum atomic E-state index is -1.45. The first-order chi connectivity index (χ1) is 19.9. The first kappa shape index (κ1) is 39.2. The standard InChI is InChI=1S/C27H49N7O9/c1-7-14(2)20(29)24(40)34-27(5,6)26(43)31-16(4)22(38)32-17(11-12-19(35)36)23(39)30-15(3)21(37)33-18(25(41)42)10-8-9-13-28/h14-18,20H,7-13,28-29H2,1-6H3,(H,30,39)(H,31,43)(H,32,38)(H,33,37)(H,34,40)(H,35,36)(H,41,42). The number of unbranched alkanes of at least 4 members (excludes halogenated alkanes) is 1. The molecule has 0 heterocycles. The van der Waals surface area contributed by atoms with Gasteiger partial charge in [-0.1, -0.05) is 20.3 Å². The van der Waals surface area contributed by atoms with Gasteiger partial charge in [0, 0.05) is 6.42 Å². The van der Waals surface area contributed by atoms with Crippen LogP contribution in [0.25, 0.3) is 0 Å². The van der Waals surface area contributed by atoms with Crippen LogP contribution in [0.2, 0.25) is 0 Å². The van der Waals surface area contributed by atoms with Crippen LogP contribution in [0.15, 0.2) is 0 Å². The number of hydrogen-bond donors (Lipinski definition) is 9. The molecule has 16 nitrogen and oxygen atoms in total. The van der Waals surface area contributed by atoms with Crippen molar-refractivity contribution in [2.45, 2.75) is 116 Å². The van der Waals surface area contributed by atoms with Crippen LogP contribution in [0.1, 0.15) is 80.1 Å². The highest BCUT2D eigenvalue weighted by Crippen LogP contribution is 2.09. The molecule has 0 aromatic carbocycles. The van der Waals surface area contributed by atoms with E-state index in [4.69, 9.17) is 16.6 Å². The van der Waals surface area contributed by atoms with Gasteiger partial charge in [-0.3, -0.25) is 28.8 Å². The number of nitrogens with one attached hydrogen (secondary N) is 5. The first-order valence-electron chi connectivity index (χ1n) is 14.3. The van der Waals surface area contributed by atoms with Gasteiger partial charge in [-0.25, -0.2) is 4.79 Å². The Kier molecular flexibility index (Phi) is 17.0. The Bertz CT molecular complexity index is 1010. The van der Waals surface area contributed by atoms with Crippen LogP contribution in [-0.2, 0) is 33.6 Å². The maximum Gasteiger partial charge on any atom is 0.326 e. The average molecular weight is 616 g/mol. The summed E-state index contributed by atoms with van der Waals surface area (Å²) >= 11 is 0. The monoisotopic (exact) mass is 615 g/mol. The third-order valence-electron chi connectivity index (χ3n) is 6.90. The Hall–Kier alpha value is -3.79. The topological polar surface area (TPSA) is 272 Å². The molecule has 0 radical (unpaired) electrons. The van der Waals surface area contributed by atoms with Crippen LogP contribution < -0.4 is 38.1 Å². The molecule has 0 bridgehead atoms. The molecule has 0 saturated carbocycles. The van der Waals surface area contributed by atoms with Gasteiger partial charge in [-0.2, -0.15) is 0 Å². The fourth-order valence-electron chi connectivity index (χ4n) is 3.66. The molecule has 0 rings (SSSR count). The van der Waals surface area contributed by atoms with Gasteiger partial charge < -0.3 is 48.3 Å². The summed E-state index contributed by atoms with van der Waals surface area (Å²) in [6, 6.07) is -5.89. The van der Waals surface area contributed by atoms with Crippen LogP contribution in [-0.4, -0.2) is 94.0 Å². The average Bonchev–Trinajstić information content (AvgIpc) is 2.92. The molecule has 0 aromatic rings. The number of hydrogen-bond acceptors (Lipinski definition) is 9. The van der Waals surface area contributed by atoms with Crippen molar-refractivity contribution >= 4 is 41.5 Å². The highest BCUT2D eigenvalue weighted by molar-refractivity contribution is 5.97. The van der Waals surface area contributed by atoms with Gasteiger partial charge in [0.1, 0.15) is 29.7 Å². The van der Waals surface area contributed by atoms with Crippen LogP contribution in [0.3, 0.4) is 0 Å². The smallest absolute Gasteiger partial charge is 0.326 e. The number of aliphatic carboxylic acids is 2. The number of nitrogens with two attached hydrogens (primary N) is 2. The van der Waals surface area contributed by atoms with Gasteiger partial charge in [-0.15, -0.1) is 0 Å². The van der Waals surface area contributed by atoms with Crippen molar-refractivity contribution in [1.82, 2.24) is 26.6 Å². The Labute approximate surface area is 251 Å². The zero-order chi connectivity index (χ0) is 33.5. The van der Waals surface area contributed by atoms with Gasteiger partial charge in [0.2, 0.25) is 29.5 Å². The van der Waals surface area contributed by atoms with Crippen molar-refractivity contribution in [2.24, 2.45) is 17.4 Å². The first-order valence-corrected chi connectivity index (χ1v) is 14.3. The predicted molar refractivity (Wildman–Crippen MR) is 156 cm³/mol. The fourth-order valence-corrected chi connectivity index (χ4v) is 3.66. The second kappa shape index (κ2) is 18.7. The fraction of sp³-hybridized carbons (Fsp3) is 0.741. The van der Waals surface area contributed by atoms with Crippen molar-refractivity contribution in [3.63, 3.8) is 0 Å². The van der Waals surface area contributed by atoms with E-state index in [9.17, 15) is 38.7 Å². The maximum absolute atomic E-state index is 12.9. The second-order valence-electron chi connectivity index (χ2n) is 11.1. The lowest BCUT2D eigenvalue weighted by atomic mass is 9.97. The SMILES string of the molecule is CCC(C)C(N)C(=O)NC(C)(C)C(=O)NC(C)C(=O)NC(CCC(=O)O)C(=O)NC(C)C(=O)NC(CCCCN)C(=O)O. The maximum atomic E-state index is 12.9. The molecule has 0 spiro atoms. The molecule has 0 aliphatic carbocycles. The van der Waals surface area contributed by atoms with Gasteiger partial charge in [-0.05, 0) is 65.8 Å². The Morgan fingerprint density at radius 3 is 1.77 bits per heavy atom. The van der Waals surface area contributed by atoms with Crippen LogP contribution >= 0.6 is 0 Å². The van der Waals surface area contributed by atoms with Gasteiger partial charge >= 0.3 is 11.9 Å². The van der Waals surface area contributed by atoms with E-state index in [1.165, 1.54) is 27.7 Å². The summed E-state index contributed by atoms with van der Waals surface area (Å²) in [4.78, 5) is 86.3. The van der Waals surface area contributed by atoms with E-state index in [2.05, 4.69) is 26.6 Å². The van der Waals surface area contributed by atoms with Crippen molar-refractivity contribution < 1.29 is 43.8 Å². The molecular weight excluding hydrogens is 566 g/mol. The van der Waals surface area contributed by atoms with Gasteiger partial charge in [0.05, 0.1) is 6.04 Å². The molecule has 11 N–H and O–H groups in total. The van der Waals surface area contributed by atoms with Crippen LogP contribution in [0, 0.1) is 5.92 Å². The van der Waals surface area contributed by atoms with E-state index < -0.39 is 83.6 Å². The summed E-state index contributed by atoms with van der Waals surface area (Å²) in [5, 5.41) is 30.5. The third kappa shape index (κ3) is 14.3. The molecule has 0 saturated heterocycles. The molecular formula is C27H49N7O9. The Morgan fingerprint density at radius 2 is 1.28 bits per heavy atom. The van der Waals surface area contributed by atoms with Gasteiger partial charge in [0.15, 0.2) is 0 Å². The number of rotatable bonds is 20. The minimum Gasteiger partial charge on any atom is -0.481 e. The van der Waals surface area contributed by atoms with Crippen LogP contribution in [0.4, 0.5) is 0 Å². The molecule has 0 aliphatic rings. The van der Waals surface area contributed by atoms with E-state index in [1.807, 2.05) is 6.92 Å². The molecule has 0 aromatic heterocycles. The quantitative estimate of drug-likeness (QED) is 0.0697.